The average Bonchev–Trinajstić information content (AvgIpc) is 2.39. The first kappa shape index (κ1) is 17.4. The zero-order valence-electron chi connectivity index (χ0n) is 11.6. The molecule has 7 heteroatoms. The summed E-state index contributed by atoms with van der Waals surface area (Å²) in [7, 11) is 0. The van der Waals surface area contributed by atoms with Crippen LogP contribution in [0.3, 0.4) is 0 Å². The van der Waals surface area contributed by atoms with Crippen LogP contribution >= 0.6 is 11.8 Å². The van der Waals surface area contributed by atoms with E-state index in [2.05, 4.69) is 5.32 Å². The number of halogens is 2. The fourth-order valence-electron chi connectivity index (χ4n) is 1.77. The Morgan fingerprint density at radius 2 is 2.05 bits per heavy atom. The summed E-state index contributed by atoms with van der Waals surface area (Å²) in [6.45, 7) is 1.90. The van der Waals surface area contributed by atoms with Gasteiger partial charge < -0.3 is 10.4 Å². The fraction of sp³-hybridized carbons (Fsp3) is 0.429. The highest BCUT2D eigenvalue weighted by atomic mass is 32.2. The van der Waals surface area contributed by atoms with Crippen LogP contribution in [0.5, 0.6) is 0 Å². The molecule has 1 aromatic carbocycles. The van der Waals surface area contributed by atoms with Crippen LogP contribution in [0.4, 0.5) is 8.78 Å². The maximum Gasteiger partial charge on any atom is 0.305 e. The van der Waals surface area contributed by atoms with Gasteiger partial charge in [0.1, 0.15) is 0 Å². The number of hydrogen-bond donors (Lipinski definition) is 2. The van der Waals surface area contributed by atoms with E-state index in [0.29, 0.717) is 11.3 Å². The first-order valence-electron chi connectivity index (χ1n) is 6.51. The first-order chi connectivity index (χ1) is 9.92. The van der Waals surface area contributed by atoms with E-state index in [1.54, 1.807) is 0 Å². The van der Waals surface area contributed by atoms with Crippen LogP contribution in [-0.4, -0.2) is 28.8 Å². The Morgan fingerprint density at radius 1 is 1.33 bits per heavy atom. The lowest BCUT2D eigenvalue weighted by Crippen LogP contribution is -2.37. The highest BCUT2D eigenvalue weighted by molar-refractivity contribution is 8.00. The van der Waals surface area contributed by atoms with E-state index in [9.17, 15) is 18.4 Å². The van der Waals surface area contributed by atoms with E-state index in [1.807, 2.05) is 6.92 Å². The molecule has 0 aromatic heterocycles. The number of carboxylic acid groups (broad SMARTS) is 1. The second-order valence-electron chi connectivity index (χ2n) is 4.52. The highest BCUT2D eigenvalue weighted by Gasteiger charge is 2.15. The van der Waals surface area contributed by atoms with Gasteiger partial charge in [-0.15, -0.1) is 11.8 Å². The minimum atomic E-state index is -0.970. The van der Waals surface area contributed by atoms with Gasteiger partial charge in [0, 0.05) is 10.9 Å². The van der Waals surface area contributed by atoms with Crippen LogP contribution in [0, 0.1) is 11.6 Å². The van der Waals surface area contributed by atoms with E-state index in [1.165, 1.54) is 6.07 Å². The van der Waals surface area contributed by atoms with Gasteiger partial charge in [0.05, 0.1) is 12.2 Å². The van der Waals surface area contributed by atoms with Crippen molar-refractivity contribution in [1.29, 1.82) is 0 Å². The third-order valence-corrected chi connectivity index (χ3v) is 3.68. The molecule has 0 aliphatic rings. The molecular formula is C14H17F2NO3S. The summed E-state index contributed by atoms with van der Waals surface area (Å²) in [6, 6.07) is 3.00. The Balaban J connectivity index is 2.48. The minimum absolute atomic E-state index is 0.0188. The molecule has 1 unspecified atom stereocenters. The number of hydrogen-bond acceptors (Lipinski definition) is 3. The van der Waals surface area contributed by atoms with Gasteiger partial charge in [-0.3, -0.25) is 9.59 Å². The number of amides is 1. The lowest BCUT2D eigenvalue weighted by molar-refractivity contribution is -0.137. The van der Waals surface area contributed by atoms with Gasteiger partial charge in [-0.1, -0.05) is 13.3 Å². The van der Waals surface area contributed by atoms with Gasteiger partial charge in [-0.25, -0.2) is 8.78 Å². The Bertz CT molecular complexity index is 511. The molecule has 0 fully saturated rings. The van der Waals surface area contributed by atoms with Crippen molar-refractivity contribution >= 4 is 23.6 Å². The Morgan fingerprint density at radius 3 is 2.62 bits per heavy atom. The second kappa shape index (κ2) is 8.61. The third-order valence-electron chi connectivity index (χ3n) is 2.68. The van der Waals surface area contributed by atoms with Crippen LogP contribution in [0.25, 0.3) is 0 Å². The molecule has 0 saturated carbocycles. The molecule has 1 aromatic rings. The van der Waals surface area contributed by atoms with Crippen molar-refractivity contribution in [2.24, 2.45) is 0 Å². The molecule has 0 aliphatic carbocycles. The number of nitrogens with one attached hydrogen (secondary N) is 1. The standard InChI is InChI=1S/C14H17F2NO3S/c1-2-3-9(6-14(19)20)17-13(18)8-21-10-4-5-11(15)12(16)7-10/h4-5,7,9H,2-3,6,8H2,1H3,(H,17,18)(H,19,20). The molecular weight excluding hydrogens is 300 g/mol. The lowest BCUT2D eigenvalue weighted by Gasteiger charge is -2.15. The molecule has 0 aliphatic heterocycles. The van der Waals surface area contributed by atoms with Crippen molar-refractivity contribution in [1.82, 2.24) is 5.32 Å². The van der Waals surface area contributed by atoms with Crippen molar-refractivity contribution in [3.8, 4) is 0 Å². The van der Waals surface area contributed by atoms with Gasteiger partial charge in [0.25, 0.3) is 0 Å². The van der Waals surface area contributed by atoms with Crippen LogP contribution in [0.2, 0.25) is 0 Å². The van der Waals surface area contributed by atoms with Crippen LogP contribution < -0.4 is 5.32 Å². The first-order valence-corrected chi connectivity index (χ1v) is 7.50. The largest absolute Gasteiger partial charge is 0.481 e. The highest BCUT2D eigenvalue weighted by Crippen LogP contribution is 2.20. The molecule has 0 spiro atoms. The maximum absolute atomic E-state index is 13.0. The SMILES string of the molecule is CCCC(CC(=O)O)NC(=O)CSc1ccc(F)c(F)c1. The van der Waals surface area contributed by atoms with Gasteiger partial charge in [-0.2, -0.15) is 0 Å². The molecule has 21 heavy (non-hydrogen) atoms. The van der Waals surface area contributed by atoms with Crippen molar-refractivity contribution in [2.75, 3.05) is 5.75 Å². The average molecular weight is 317 g/mol. The van der Waals surface area contributed by atoms with E-state index >= 15 is 0 Å². The number of thioether (sulfide) groups is 1. The zero-order chi connectivity index (χ0) is 15.8. The van der Waals surface area contributed by atoms with Gasteiger partial charge in [0.15, 0.2) is 11.6 Å². The molecule has 4 nitrogen and oxygen atoms in total. The molecule has 1 amide bonds. The summed E-state index contributed by atoms with van der Waals surface area (Å²) in [5.41, 5.74) is 0. The van der Waals surface area contributed by atoms with E-state index in [-0.39, 0.29) is 18.1 Å². The Labute approximate surface area is 125 Å². The van der Waals surface area contributed by atoms with Gasteiger partial charge in [0.2, 0.25) is 5.91 Å². The minimum Gasteiger partial charge on any atom is -0.481 e. The number of carbonyl (C=O) groups excluding carboxylic acids is 1. The molecule has 0 radical (unpaired) electrons. The molecule has 0 saturated heterocycles. The number of carbonyl (C=O) groups is 2. The summed E-state index contributed by atoms with van der Waals surface area (Å²) in [4.78, 5) is 22.9. The van der Waals surface area contributed by atoms with E-state index in [0.717, 1.165) is 30.3 Å². The van der Waals surface area contributed by atoms with Crippen LogP contribution in [0.1, 0.15) is 26.2 Å². The molecule has 2 N–H and O–H groups in total. The maximum atomic E-state index is 13.0. The Kier molecular flexibility index (Phi) is 7.14. The predicted octanol–water partition coefficient (Wildman–Crippen LogP) is 2.82. The quantitative estimate of drug-likeness (QED) is 0.724. The van der Waals surface area contributed by atoms with Gasteiger partial charge in [-0.05, 0) is 24.6 Å². The van der Waals surface area contributed by atoms with Crippen molar-refractivity contribution in [3.63, 3.8) is 0 Å². The van der Waals surface area contributed by atoms with Crippen molar-refractivity contribution in [3.05, 3.63) is 29.8 Å². The number of carboxylic acids is 1. The van der Waals surface area contributed by atoms with Gasteiger partial charge >= 0.3 is 5.97 Å². The number of aliphatic carboxylic acids is 1. The molecule has 116 valence electrons. The third kappa shape index (κ3) is 6.57. The monoisotopic (exact) mass is 317 g/mol. The molecule has 1 rings (SSSR count). The zero-order valence-corrected chi connectivity index (χ0v) is 12.4. The second-order valence-corrected chi connectivity index (χ2v) is 5.56. The fourth-order valence-corrected chi connectivity index (χ4v) is 2.50. The lowest BCUT2D eigenvalue weighted by atomic mass is 10.1. The predicted molar refractivity (Wildman–Crippen MR) is 76.2 cm³/mol. The summed E-state index contributed by atoms with van der Waals surface area (Å²) >= 11 is 1.06. The van der Waals surface area contributed by atoms with Crippen molar-refractivity contribution < 1.29 is 23.5 Å². The summed E-state index contributed by atoms with van der Waals surface area (Å²) in [6.07, 6.45) is 1.21. The van der Waals surface area contributed by atoms with E-state index < -0.39 is 23.6 Å². The summed E-state index contributed by atoms with van der Waals surface area (Å²) in [5, 5.41) is 11.4. The molecule has 0 heterocycles. The van der Waals surface area contributed by atoms with Crippen molar-refractivity contribution in [2.45, 2.75) is 37.1 Å². The number of rotatable bonds is 8. The van der Waals surface area contributed by atoms with Crippen LogP contribution in [0.15, 0.2) is 23.1 Å². The summed E-state index contributed by atoms with van der Waals surface area (Å²) < 4.78 is 25.8. The summed E-state index contributed by atoms with van der Waals surface area (Å²) in [5.74, 6) is -3.18. The Hall–Kier alpha value is -1.63. The normalized spacial score (nSPS) is 12.0. The van der Waals surface area contributed by atoms with E-state index in [4.69, 9.17) is 5.11 Å². The smallest absolute Gasteiger partial charge is 0.305 e. The topological polar surface area (TPSA) is 66.4 Å². The molecule has 1 atom stereocenters. The molecule has 0 bridgehead atoms. The van der Waals surface area contributed by atoms with Crippen LogP contribution in [-0.2, 0) is 9.59 Å². The number of benzene rings is 1.